The molecule has 1 aromatic heterocycles. The van der Waals surface area contributed by atoms with Crippen molar-refractivity contribution in [2.75, 3.05) is 0 Å². The van der Waals surface area contributed by atoms with Crippen molar-refractivity contribution in [1.82, 2.24) is 5.16 Å². The molecule has 1 heterocycles. The second-order valence-electron chi connectivity index (χ2n) is 3.61. The lowest BCUT2D eigenvalue weighted by Crippen LogP contribution is -1.90. The number of hydrogen-bond acceptors (Lipinski definition) is 2. The highest BCUT2D eigenvalue weighted by Gasteiger charge is 2.09. The SMILES string of the molecule is Cc1noc(C)c1Cc1ccc(Cl)cc1. The predicted molar refractivity (Wildman–Crippen MR) is 60.2 cm³/mol. The number of hydrogen-bond donors (Lipinski definition) is 0. The quantitative estimate of drug-likeness (QED) is 0.776. The summed E-state index contributed by atoms with van der Waals surface area (Å²) in [6.45, 7) is 3.90. The normalized spacial score (nSPS) is 10.6. The van der Waals surface area contributed by atoms with Crippen LogP contribution in [-0.2, 0) is 6.42 Å². The summed E-state index contributed by atoms with van der Waals surface area (Å²) in [6.07, 6.45) is 0.846. The maximum absolute atomic E-state index is 5.83. The molecule has 0 unspecified atom stereocenters. The Kier molecular flexibility index (Phi) is 2.78. The fourth-order valence-corrected chi connectivity index (χ4v) is 1.69. The minimum atomic E-state index is 0.762. The molecule has 15 heavy (non-hydrogen) atoms. The van der Waals surface area contributed by atoms with Crippen molar-refractivity contribution < 1.29 is 4.52 Å². The molecular formula is C12H12ClNO. The number of aromatic nitrogens is 1. The molecule has 0 bridgehead atoms. The second kappa shape index (κ2) is 4.07. The van der Waals surface area contributed by atoms with E-state index in [0.29, 0.717) is 0 Å². The lowest BCUT2D eigenvalue weighted by Gasteiger charge is -2.00. The van der Waals surface area contributed by atoms with Crippen LogP contribution in [0, 0.1) is 13.8 Å². The van der Waals surface area contributed by atoms with E-state index in [4.69, 9.17) is 16.1 Å². The van der Waals surface area contributed by atoms with E-state index in [2.05, 4.69) is 5.16 Å². The van der Waals surface area contributed by atoms with E-state index in [1.54, 1.807) is 0 Å². The average molecular weight is 222 g/mol. The molecule has 0 aliphatic rings. The van der Waals surface area contributed by atoms with Crippen LogP contribution in [0.4, 0.5) is 0 Å². The van der Waals surface area contributed by atoms with E-state index in [0.717, 1.165) is 28.5 Å². The molecule has 78 valence electrons. The molecule has 0 atom stereocenters. The molecule has 1 aromatic carbocycles. The fraction of sp³-hybridized carbons (Fsp3) is 0.250. The van der Waals surface area contributed by atoms with Crippen LogP contribution in [0.15, 0.2) is 28.8 Å². The largest absolute Gasteiger partial charge is 0.361 e. The first-order valence-electron chi connectivity index (χ1n) is 4.83. The standard InChI is InChI=1S/C12H12ClNO/c1-8-12(9(2)15-14-8)7-10-3-5-11(13)6-4-10/h3-6H,7H2,1-2H3. The van der Waals surface area contributed by atoms with Gasteiger partial charge in [-0.2, -0.15) is 0 Å². The van der Waals surface area contributed by atoms with Gasteiger partial charge in [-0.05, 0) is 31.5 Å². The third-order valence-corrected chi connectivity index (χ3v) is 2.73. The highest BCUT2D eigenvalue weighted by atomic mass is 35.5. The molecule has 0 saturated carbocycles. The third kappa shape index (κ3) is 2.21. The third-order valence-electron chi connectivity index (χ3n) is 2.48. The summed E-state index contributed by atoms with van der Waals surface area (Å²) in [5, 5.41) is 4.69. The Labute approximate surface area is 93.9 Å². The van der Waals surface area contributed by atoms with Crippen LogP contribution in [-0.4, -0.2) is 5.16 Å². The molecule has 0 saturated heterocycles. The Morgan fingerprint density at radius 2 is 1.87 bits per heavy atom. The summed E-state index contributed by atoms with van der Waals surface area (Å²) < 4.78 is 5.12. The zero-order valence-electron chi connectivity index (χ0n) is 8.75. The molecule has 2 nitrogen and oxygen atoms in total. The molecule has 2 rings (SSSR count). The molecule has 0 fully saturated rings. The Bertz CT molecular complexity index is 439. The summed E-state index contributed by atoms with van der Waals surface area (Å²) in [5.74, 6) is 0.891. The Morgan fingerprint density at radius 1 is 1.20 bits per heavy atom. The maximum Gasteiger partial charge on any atom is 0.137 e. The van der Waals surface area contributed by atoms with E-state index >= 15 is 0 Å². The van der Waals surface area contributed by atoms with Gasteiger partial charge in [0.2, 0.25) is 0 Å². The molecule has 0 aliphatic heterocycles. The van der Waals surface area contributed by atoms with Gasteiger partial charge in [-0.25, -0.2) is 0 Å². The van der Waals surface area contributed by atoms with Crippen LogP contribution < -0.4 is 0 Å². The predicted octanol–water partition coefficient (Wildman–Crippen LogP) is 3.54. The number of rotatable bonds is 2. The smallest absolute Gasteiger partial charge is 0.137 e. The van der Waals surface area contributed by atoms with E-state index in [1.807, 2.05) is 38.1 Å². The van der Waals surface area contributed by atoms with Gasteiger partial charge in [0.05, 0.1) is 5.69 Å². The maximum atomic E-state index is 5.83. The van der Waals surface area contributed by atoms with Gasteiger partial charge in [-0.1, -0.05) is 28.9 Å². The van der Waals surface area contributed by atoms with Crippen LogP contribution in [0.3, 0.4) is 0 Å². The van der Waals surface area contributed by atoms with E-state index in [1.165, 1.54) is 5.56 Å². The van der Waals surface area contributed by atoms with Crippen LogP contribution >= 0.6 is 11.6 Å². The van der Waals surface area contributed by atoms with Crippen LogP contribution in [0.25, 0.3) is 0 Å². The highest BCUT2D eigenvalue weighted by Crippen LogP contribution is 2.18. The van der Waals surface area contributed by atoms with E-state index < -0.39 is 0 Å². The first kappa shape index (κ1) is 10.2. The van der Waals surface area contributed by atoms with Crippen molar-refractivity contribution in [2.45, 2.75) is 20.3 Å². The van der Waals surface area contributed by atoms with Gasteiger partial charge in [0.1, 0.15) is 5.76 Å². The van der Waals surface area contributed by atoms with Crippen molar-refractivity contribution in [3.63, 3.8) is 0 Å². The monoisotopic (exact) mass is 221 g/mol. The lowest BCUT2D eigenvalue weighted by atomic mass is 10.0. The number of halogens is 1. The van der Waals surface area contributed by atoms with Gasteiger partial charge in [0.15, 0.2) is 0 Å². The summed E-state index contributed by atoms with van der Waals surface area (Å²) in [5.41, 5.74) is 3.34. The van der Waals surface area contributed by atoms with Crippen LogP contribution in [0.2, 0.25) is 5.02 Å². The number of aryl methyl sites for hydroxylation is 2. The van der Waals surface area contributed by atoms with Gasteiger partial charge in [0.25, 0.3) is 0 Å². The molecule has 0 amide bonds. The van der Waals surface area contributed by atoms with E-state index in [9.17, 15) is 0 Å². The fourth-order valence-electron chi connectivity index (χ4n) is 1.56. The van der Waals surface area contributed by atoms with Gasteiger partial charge in [0, 0.05) is 17.0 Å². The minimum absolute atomic E-state index is 0.762. The average Bonchev–Trinajstić information content (AvgIpc) is 2.53. The molecule has 0 N–H and O–H groups in total. The molecule has 0 radical (unpaired) electrons. The Balaban J connectivity index is 2.25. The molecule has 2 aromatic rings. The van der Waals surface area contributed by atoms with E-state index in [-0.39, 0.29) is 0 Å². The molecular weight excluding hydrogens is 210 g/mol. The Hall–Kier alpha value is -1.28. The van der Waals surface area contributed by atoms with Crippen molar-refractivity contribution in [3.8, 4) is 0 Å². The molecule has 0 aliphatic carbocycles. The van der Waals surface area contributed by atoms with Crippen molar-refractivity contribution in [3.05, 3.63) is 51.9 Å². The van der Waals surface area contributed by atoms with Gasteiger partial charge in [-0.3, -0.25) is 0 Å². The number of benzene rings is 1. The van der Waals surface area contributed by atoms with Crippen molar-refractivity contribution in [2.24, 2.45) is 0 Å². The van der Waals surface area contributed by atoms with Crippen LogP contribution in [0.1, 0.15) is 22.6 Å². The van der Waals surface area contributed by atoms with Gasteiger partial charge in [-0.15, -0.1) is 0 Å². The highest BCUT2D eigenvalue weighted by molar-refractivity contribution is 6.30. The van der Waals surface area contributed by atoms with Crippen molar-refractivity contribution in [1.29, 1.82) is 0 Å². The van der Waals surface area contributed by atoms with Gasteiger partial charge < -0.3 is 4.52 Å². The summed E-state index contributed by atoms with van der Waals surface area (Å²) in [4.78, 5) is 0. The topological polar surface area (TPSA) is 26.0 Å². The lowest BCUT2D eigenvalue weighted by molar-refractivity contribution is 0.392. The summed E-state index contributed by atoms with van der Waals surface area (Å²) >= 11 is 5.83. The first-order chi connectivity index (χ1) is 7.16. The van der Waals surface area contributed by atoms with Crippen LogP contribution in [0.5, 0.6) is 0 Å². The zero-order valence-corrected chi connectivity index (χ0v) is 9.51. The second-order valence-corrected chi connectivity index (χ2v) is 4.04. The van der Waals surface area contributed by atoms with Gasteiger partial charge >= 0.3 is 0 Å². The number of nitrogens with zero attached hydrogens (tertiary/aromatic N) is 1. The summed E-state index contributed by atoms with van der Waals surface area (Å²) in [6, 6.07) is 7.84. The molecule has 3 heteroatoms. The zero-order chi connectivity index (χ0) is 10.8. The van der Waals surface area contributed by atoms with Crippen molar-refractivity contribution >= 4 is 11.6 Å². The molecule has 0 spiro atoms. The Morgan fingerprint density at radius 3 is 2.40 bits per heavy atom. The first-order valence-corrected chi connectivity index (χ1v) is 5.21. The minimum Gasteiger partial charge on any atom is -0.361 e. The summed E-state index contributed by atoms with van der Waals surface area (Å²) in [7, 11) is 0.